The molecule has 86 valence electrons. The first kappa shape index (κ1) is 10.7. The molecule has 3 rings (SSSR count). The summed E-state index contributed by atoms with van der Waals surface area (Å²) in [6.45, 7) is 2.08. The predicted molar refractivity (Wildman–Crippen MR) is 72.9 cm³/mol. The van der Waals surface area contributed by atoms with Gasteiger partial charge in [-0.1, -0.05) is 6.92 Å². The van der Waals surface area contributed by atoms with Crippen molar-refractivity contribution in [1.82, 2.24) is 9.97 Å². The van der Waals surface area contributed by atoms with E-state index in [4.69, 9.17) is 0 Å². The van der Waals surface area contributed by atoms with Crippen LogP contribution in [0.5, 0.6) is 0 Å². The highest BCUT2D eigenvalue weighted by molar-refractivity contribution is 7.18. The van der Waals surface area contributed by atoms with Gasteiger partial charge in [0.05, 0.1) is 5.39 Å². The molecule has 0 saturated heterocycles. The maximum atomic E-state index is 11.9. The zero-order chi connectivity index (χ0) is 11.8. The minimum Gasteiger partial charge on any atom is -0.306 e. The molecular formula is C12H10N2OS2. The molecule has 0 radical (unpaired) electrons. The molecule has 0 bridgehead atoms. The van der Waals surface area contributed by atoms with Gasteiger partial charge in [-0.3, -0.25) is 4.79 Å². The molecule has 3 aromatic rings. The SMILES string of the molecule is CCc1cc2c(=O)[nH]c(-c3ccsc3)nc2s1. The molecule has 5 heteroatoms. The van der Waals surface area contributed by atoms with Crippen LogP contribution >= 0.6 is 22.7 Å². The van der Waals surface area contributed by atoms with E-state index in [2.05, 4.69) is 16.9 Å². The molecule has 0 aliphatic carbocycles. The molecule has 0 aliphatic heterocycles. The van der Waals surface area contributed by atoms with E-state index >= 15 is 0 Å². The number of nitrogens with zero attached hydrogens (tertiary/aromatic N) is 1. The van der Waals surface area contributed by atoms with Crippen LogP contribution in [0.1, 0.15) is 11.8 Å². The second-order valence-corrected chi connectivity index (χ2v) is 5.61. The minimum atomic E-state index is -0.0489. The second kappa shape index (κ2) is 4.09. The van der Waals surface area contributed by atoms with Crippen LogP contribution in [0.4, 0.5) is 0 Å². The molecule has 3 aromatic heterocycles. The Morgan fingerprint density at radius 3 is 3.06 bits per heavy atom. The fraction of sp³-hybridized carbons (Fsp3) is 0.167. The smallest absolute Gasteiger partial charge is 0.259 e. The summed E-state index contributed by atoms with van der Waals surface area (Å²) in [5.41, 5.74) is 0.924. The summed E-state index contributed by atoms with van der Waals surface area (Å²) in [4.78, 5) is 21.3. The van der Waals surface area contributed by atoms with Crippen molar-refractivity contribution in [3.63, 3.8) is 0 Å². The fourth-order valence-corrected chi connectivity index (χ4v) is 3.30. The van der Waals surface area contributed by atoms with Gasteiger partial charge in [-0.05, 0) is 23.9 Å². The van der Waals surface area contributed by atoms with Crippen molar-refractivity contribution in [2.24, 2.45) is 0 Å². The topological polar surface area (TPSA) is 45.8 Å². The Labute approximate surface area is 106 Å². The molecule has 0 atom stereocenters. The lowest BCUT2D eigenvalue weighted by molar-refractivity contribution is 1.18. The minimum absolute atomic E-state index is 0.0489. The van der Waals surface area contributed by atoms with Crippen LogP contribution in [0.3, 0.4) is 0 Å². The van der Waals surface area contributed by atoms with Crippen LogP contribution in [-0.2, 0) is 6.42 Å². The molecule has 1 N–H and O–H groups in total. The van der Waals surface area contributed by atoms with Gasteiger partial charge in [-0.25, -0.2) is 4.98 Å². The normalized spacial score (nSPS) is 11.1. The number of aromatic amines is 1. The lowest BCUT2D eigenvalue weighted by atomic mass is 10.3. The molecule has 0 unspecified atom stereocenters. The van der Waals surface area contributed by atoms with Crippen molar-refractivity contribution in [3.8, 4) is 11.4 Å². The molecule has 3 heterocycles. The average Bonchev–Trinajstić information content (AvgIpc) is 2.97. The number of nitrogens with one attached hydrogen (secondary N) is 1. The standard InChI is InChI=1S/C12H10N2OS2/c1-2-8-5-9-11(15)13-10(14-12(9)17-8)7-3-4-16-6-7/h3-6H,2H2,1H3,(H,13,14,15). The number of aryl methyl sites for hydroxylation is 1. The Morgan fingerprint density at radius 1 is 1.47 bits per heavy atom. The van der Waals surface area contributed by atoms with E-state index in [-0.39, 0.29) is 5.56 Å². The first-order valence-electron chi connectivity index (χ1n) is 5.33. The first-order valence-corrected chi connectivity index (χ1v) is 7.09. The lowest BCUT2D eigenvalue weighted by Crippen LogP contribution is -2.07. The fourth-order valence-electron chi connectivity index (χ4n) is 1.69. The van der Waals surface area contributed by atoms with Crippen LogP contribution in [0.2, 0.25) is 0 Å². The van der Waals surface area contributed by atoms with Crippen molar-refractivity contribution < 1.29 is 0 Å². The van der Waals surface area contributed by atoms with E-state index in [1.807, 2.05) is 22.9 Å². The number of thiophene rings is 2. The van der Waals surface area contributed by atoms with Gasteiger partial charge >= 0.3 is 0 Å². The van der Waals surface area contributed by atoms with Crippen molar-refractivity contribution in [2.45, 2.75) is 13.3 Å². The highest BCUT2D eigenvalue weighted by Gasteiger charge is 2.09. The Hall–Kier alpha value is -1.46. The van der Waals surface area contributed by atoms with E-state index in [1.165, 1.54) is 4.88 Å². The van der Waals surface area contributed by atoms with Crippen molar-refractivity contribution >= 4 is 32.9 Å². The van der Waals surface area contributed by atoms with Gasteiger partial charge in [0.15, 0.2) is 0 Å². The molecule has 3 nitrogen and oxygen atoms in total. The van der Waals surface area contributed by atoms with Gasteiger partial charge in [-0.2, -0.15) is 11.3 Å². The van der Waals surface area contributed by atoms with Gasteiger partial charge in [-0.15, -0.1) is 11.3 Å². The summed E-state index contributed by atoms with van der Waals surface area (Å²) in [7, 11) is 0. The molecule has 0 aliphatic rings. The predicted octanol–water partition coefficient (Wildman–Crippen LogP) is 3.28. The maximum Gasteiger partial charge on any atom is 0.259 e. The van der Waals surface area contributed by atoms with Gasteiger partial charge in [0.1, 0.15) is 10.7 Å². The van der Waals surface area contributed by atoms with Crippen LogP contribution in [0.25, 0.3) is 21.6 Å². The molecule has 0 fully saturated rings. The number of fused-ring (bicyclic) bond motifs is 1. The summed E-state index contributed by atoms with van der Waals surface area (Å²) in [6.07, 6.45) is 0.939. The monoisotopic (exact) mass is 262 g/mol. The van der Waals surface area contributed by atoms with Crippen molar-refractivity contribution in [2.75, 3.05) is 0 Å². The quantitative estimate of drug-likeness (QED) is 0.770. The number of rotatable bonds is 2. The maximum absolute atomic E-state index is 11.9. The van der Waals surface area contributed by atoms with Crippen molar-refractivity contribution in [3.05, 3.63) is 38.1 Å². The summed E-state index contributed by atoms with van der Waals surface area (Å²) >= 11 is 3.19. The number of H-pyrrole nitrogens is 1. The Bertz CT molecular complexity index is 710. The van der Waals surface area contributed by atoms with E-state index in [1.54, 1.807) is 22.7 Å². The zero-order valence-corrected chi connectivity index (χ0v) is 10.8. The van der Waals surface area contributed by atoms with Gasteiger partial charge in [0.2, 0.25) is 0 Å². The summed E-state index contributed by atoms with van der Waals surface area (Å²) < 4.78 is 0. The third-order valence-corrected chi connectivity index (χ3v) is 4.45. The Balaban J connectivity index is 2.27. The third-order valence-electron chi connectivity index (χ3n) is 2.60. The molecule has 17 heavy (non-hydrogen) atoms. The third kappa shape index (κ3) is 1.81. The summed E-state index contributed by atoms with van der Waals surface area (Å²) in [5.74, 6) is 0.660. The summed E-state index contributed by atoms with van der Waals surface area (Å²) in [5, 5.41) is 4.66. The van der Waals surface area contributed by atoms with Gasteiger partial charge in [0.25, 0.3) is 5.56 Å². The van der Waals surface area contributed by atoms with Crippen LogP contribution in [-0.4, -0.2) is 9.97 Å². The molecular weight excluding hydrogens is 252 g/mol. The largest absolute Gasteiger partial charge is 0.306 e. The number of aromatic nitrogens is 2. The Morgan fingerprint density at radius 2 is 2.35 bits per heavy atom. The van der Waals surface area contributed by atoms with Crippen LogP contribution < -0.4 is 5.56 Å². The number of hydrogen-bond donors (Lipinski definition) is 1. The summed E-state index contributed by atoms with van der Waals surface area (Å²) in [6, 6.07) is 3.90. The molecule has 0 saturated carbocycles. The van der Waals surface area contributed by atoms with E-state index in [0.717, 1.165) is 16.8 Å². The lowest BCUT2D eigenvalue weighted by Gasteiger charge is -1.96. The first-order chi connectivity index (χ1) is 8.28. The van der Waals surface area contributed by atoms with Crippen LogP contribution in [0.15, 0.2) is 27.7 Å². The van der Waals surface area contributed by atoms with E-state index in [0.29, 0.717) is 11.2 Å². The molecule has 0 spiro atoms. The number of hydrogen-bond acceptors (Lipinski definition) is 4. The van der Waals surface area contributed by atoms with E-state index in [9.17, 15) is 4.79 Å². The highest BCUT2D eigenvalue weighted by atomic mass is 32.1. The highest BCUT2D eigenvalue weighted by Crippen LogP contribution is 2.24. The van der Waals surface area contributed by atoms with Crippen molar-refractivity contribution in [1.29, 1.82) is 0 Å². The molecule has 0 aromatic carbocycles. The Kier molecular flexibility index (Phi) is 2.57. The van der Waals surface area contributed by atoms with E-state index < -0.39 is 0 Å². The van der Waals surface area contributed by atoms with Gasteiger partial charge < -0.3 is 4.98 Å². The zero-order valence-electron chi connectivity index (χ0n) is 9.19. The second-order valence-electron chi connectivity index (χ2n) is 3.71. The van der Waals surface area contributed by atoms with Gasteiger partial charge in [0, 0.05) is 15.8 Å². The molecule has 0 amide bonds. The van der Waals surface area contributed by atoms with Crippen LogP contribution in [0, 0.1) is 0 Å². The average molecular weight is 262 g/mol.